The molecule has 3 fully saturated rings. The van der Waals surface area contributed by atoms with Gasteiger partial charge >= 0.3 is 0 Å². The second kappa shape index (κ2) is 8.79. The fourth-order valence-corrected chi connectivity index (χ4v) is 6.58. The molecule has 0 saturated carbocycles. The summed E-state index contributed by atoms with van der Waals surface area (Å²) in [5.74, 6) is 0.590. The lowest BCUT2D eigenvalue weighted by atomic mass is 9.92. The first-order chi connectivity index (χ1) is 15.1. The Balaban J connectivity index is 1.20. The van der Waals surface area contributed by atoms with Gasteiger partial charge in [-0.1, -0.05) is 18.2 Å². The predicted molar refractivity (Wildman–Crippen MR) is 125 cm³/mol. The van der Waals surface area contributed by atoms with E-state index in [-0.39, 0.29) is 11.8 Å². The van der Waals surface area contributed by atoms with Crippen LogP contribution in [-0.4, -0.2) is 71.8 Å². The average Bonchev–Trinajstić information content (AvgIpc) is 3.46. The Morgan fingerprint density at radius 2 is 1.65 bits per heavy atom. The first-order valence-electron chi connectivity index (χ1n) is 11.7. The number of piperidine rings is 2. The SMILES string of the molecule is Nc1sc2ccccc2c1C(=O)N1CCC(N2CCCC(C(=O)N3CCCC3)C2)CC1. The van der Waals surface area contributed by atoms with Crippen molar-refractivity contribution in [3.8, 4) is 0 Å². The maximum atomic E-state index is 13.3. The maximum absolute atomic E-state index is 13.3. The van der Waals surface area contributed by atoms with Crippen molar-refractivity contribution in [2.24, 2.45) is 5.92 Å². The van der Waals surface area contributed by atoms with Crippen LogP contribution in [0.4, 0.5) is 5.00 Å². The smallest absolute Gasteiger partial charge is 0.257 e. The van der Waals surface area contributed by atoms with Crippen molar-refractivity contribution in [1.29, 1.82) is 0 Å². The van der Waals surface area contributed by atoms with Crippen LogP contribution >= 0.6 is 11.3 Å². The van der Waals surface area contributed by atoms with Gasteiger partial charge in [0.1, 0.15) is 0 Å². The van der Waals surface area contributed by atoms with E-state index in [0.29, 0.717) is 22.5 Å². The van der Waals surface area contributed by atoms with Gasteiger partial charge in [0.2, 0.25) is 5.91 Å². The molecule has 1 aromatic heterocycles. The summed E-state index contributed by atoms with van der Waals surface area (Å²) in [6.07, 6.45) is 6.36. The summed E-state index contributed by atoms with van der Waals surface area (Å²) in [6, 6.07) is 8.43. The van der Waals surface area contributed by atoms with E-state index in [1.165, 1.54) is 11.3 Å². The lowest BCUT2D eigenvalue weighted by molar-refractivity contribution is -0.136. The molecule has 4 heterocycles. The van der Waals surface area contributed by atoms with Crippen LogP contribution in [0.5, 0.6) is 0 Å². The Labute approximate surface area is 188 Å². The van der Waals surface area contributed by atoms with Gasteiger partial charge in [-0.15, -0.1) is 11.3 Å². The van der Waals surface area contributed by atoms with Gasteiger partial charge in [0.15, 0.2) is 0 Å². The highest BCUT2D eigenvalue weighted by Crippen LogP contribution is 2.35. The molecule has 2 aromatic rings. The number of hydrogen-bond donors (Lipinski definition) is 1. The number of fused-ring (bicyclic) bond motifs is 1. The Hall–Kier alpha value is -2.12. The summed E-state index contributed by atoms with van der Waals surface area (Å²) in [7, 11) is 0. The van der Waals surface area contributed by atoms with Gasteiger partial charge in [-0.3, -0.25) is 14.5 Å². The van der Waals surface area contributed by atoms with Gasteiger partial charge in [0.25, 0.3) is 5.91 Å². The summed E-state index contributed by atoms with van der Waals surface area (Å²) >= 11 is 1.49. The fourth-order valence-electron chi connectivity index (χ4n) is 5.61. The topological polar surface area (TPSA) is 69.9 Å². The van der Waals surface area contributed by atoms with Crippen LogP contribution in [0.15, 0.2) is 24.3 Å². The quantitative estimate of drug-likeness (QED) is 0.794. The second-order valence-electron chi connectivity index (χ2n) is 9.23. The molecule has 2 N–H and O–H groups in total. The minimum absolute atomic E-state index is 0.0640. The van der Waals surface area contributed by atoms with Gasteiger partial charge in [0.05, 0.1) is 16.5 Å². The second-order valence-corrected chi connectivity index (χ2v) is 10.3. The molecule has 31 heavy (non-hydrogen) atoms. The number of carbonyl (C=O) groups excluding carboxylic acids is 2. The molecule has 2 amide bonds. The van der Waals surface area contributed by atoms with Crippen LogP contribution in [0.1, 0.15) is 48.9 Å². The summed E-state index contributed by atoms with van der Waals surface area (Å²) in [6.45, 7) is 5.36. The summed E-state index contributed by atoms with van der Waals surface area (Å²) in [5.41, 5.74) is 6.90. The first-order valence-corrected chi connectivity index (χ1v) is 12.5. The number of carbonyl (C=O) groups is 2. The zero-order valence-electron chi connectivity index (χ0n) is 18.1. The third-order valence-corrected chi connectivity index (χ3v) is 8.32. The Kier molecular flexibility index (Phi) is 5.89. The minimum Gasteiger partial charge on any atom is -0.390 e. The third-order valence-electron chi connectivity index (χ3n) is 7.32. The normalized spacial score (nSPS) is 23.5. The minimum atomic E-state index is 0.0640. The number of nitrogens with two attached hydrogens (primary N) is 1. The monoisotopic (exact) mass is 440 g/mol. The molecule has 0 bridgehead atoms. The van der Waals surface area contributed by atoms with E-state index in [4.69, 9.17) is 5.73 Å². The number of amides is 2. The van der Waals surface area contributed by atoms with Crippen LogP contribution in [-0.2, 0) is 4.79 Å². The van der Waals surface area contributed by atoms with E-state index in [1.54, 1.807) is 0 Å². The summed E-state index contributed by atoms with van der Waals surface area (Å²) in [5, 5.41) is 1.59. The molecule has 1 aromatic carbocycles. The Bertz CT molecular complexity index is 960. The van der Waals surface area contributed by atoms with Crippen molar-refractivity contribution in [3.63, 3.8) is 0 Å². The number of rotatable bonds is 3. The number of benzene rings is 1. The van der Waals surface area contributed by atoms with Gasteiger partial charge in [-0.25, -0.2) is 0 Å². The third kappa shape index (κ3) is 4.05. The molecule has 3 aliphatic rings. The molecule has 166 valence electrons. The van der Waals surface area contributed by atoms with Crippen molar-refractivity contribution in [3.05, 3.63) is 29.8 Å². The van der Waals surface area contributed by atoms with Gasteiger partial charge < -0.3 is 15.5 Å². The molecular weight excluding hydrogens is 408 g/mol. The van der Waals surface area contributed by atoms with Crippen molar-refractivity contribution < 1.29 is 9.59 Å². The van der Waals surface area contributed by atoms with Crippen molar-refractivity contribution in [2.75, 3.05) is 45.0 Å². The van der Waals surface area contributed by atoms with Crippen molar-refractivity contribution >= 4 is 38.2 Å². The van der Waals surface area contributed by atoms with Crippen molar-refractivity contribution in [1.82, 2.24) is 14.7 Å². The molecule has 0 spiro atoms. The summed E-state index contributed by atoms with van der Waals surface area (Å²) < 4.78 is 1.07. The molecule has 1 atom stereocenters. The average molecular weight is 441 g/mol. The van der Waals surface area contributed by atoms with Crippen LogP contribution in [0.3, 0.4) is 0 Å². The Morgan fingerprint density at radius 3 is 2.42 bits per heavy atom. The van der Waals surface area contributed by atoms with Gasteiger partial charge in [-0.2, -0.15) is 0 Å². The molecule has 0 radical (unpaired) electrons. The lowest BCUT2D eigenvalue weighted by Crippen LogP contribution is -2.51. The number of nitrogens with zero attached hydrogens (tertiary/aromatic N) is 3. The van der Waals surface area contributed by atoms with Crippen LogP contribution in [0, 0.1) is 5.92 Å². The fraction of sp³-hybridized carbons (Fsp3) is 0.583. The largest absolute Gasteiger partial charge is 0.390 e. The van der Waals surface area contributed by atoms with E-state index in [0.717, 1.165) is 87.9 Å². The zero-order chi connectivity index (χ0) is 21.4. The number of thiophene rings is 1. The molecule has 3 saturated heterocycles. The van der Waals surface area contributed by atoms with Crippen LogP contribution < -0.4 is 5.73 Å². The molecule has 1 unspecified atom stereocenters. The van der Waals surface area contributed by atoms with Crippen LogP contribution in [0.25, 0.3) is 10.1 Å². The van der Waals surface area contributed by atoms with Gasteiger partial charge in [0, 0.05) is 48.9 Å². The van der Waals surface area contributed by atoms with E-state index >= 15 is 0 Å². The molecule has 0 aliphatic carbocycles. The number of likely N-dealkylation sites (tertiary alicyclic amines) is 3. The van der Waals surface area contributed by atoms with E-state index in [9.17, 15) is 9.59 Å². The highest BCUT2D eigenvalue weighted by molar-refractivity contribution is 7.23. The summed E-state index contributed by atoms with van der Waals surface area (Å²) in [4.78, 5) is 32.7. The first kappa shape index (κ1) is 20.8. The standard InChI is InChI=1S/C24H32N4O2S/c25-22-21(19-7-1-2-8-20(19)31-22)24(30)27-14-9-18(10-15-27)28-13-5-6-17(16-28)23(29)26-11-3-4-12-26/h1-2,7-8,17-18H,3-6,9-16,25H2. The molecule has 3 aliphatic heterocycles. The maximum Gasteiger partial charge on any atom is 0.257 e. The highest BCUT2D eigenvalue weighted by Gasteiger charge is 2.35. The Morgan fingerprint density at radius 1 is 0.903 bits per heavy atom. The highest BCUT2D eigenvalue weighted by atomic mass is 32.1. The molecular formula is C24H32N4O2S. The van der Waals surface area contributed by atoms with E-state index in [1.807, 2.05) is 29.2 Å². The van der Waals surface area contributed by atoms with Crippen LogP contribution in [0.2, 0.25) is 0 Å². The number of hydrogen-bond acceptors (Lipinski definition) is 5. The molecule has 6 nitrogen and oxygen atoms in total. The number of anilines is 1. The molecule has 5 rings (SSSR count). The number of nitrogen functional groups attached to an aromatic ring is 1. The lowest BCUT2D eigenvalue weighted by Gasteiger charge is -2.42. The van der Waals surface area contributed by atoms with E-state index < -0.39 is 0 Å². The predicted octanol–water partition coefficient (Wildman–Crippen LogP) is 3.42. The molecule has 7 heteroatoms. The van der Waals surface area contributed by atoms with E-state index in [2.05, 4.69) is 9.80 Å². The zero-order valence-corrected chi connectivity index (χ0v) is 18.9. The van der Waals surface area contributed by atoms with Gasteiger partial charge in [-0.05, 0) is 51.1 Å². The van der Waals surface area contributed by atoms with Crippen molar-refractivity contribution in [2.45, 2.75) is 44.6 Å².